The summed E-state index contributed by atoms with van der Waals surface area (Å²) >= 11 is 0. The Bertz CT molecular complexity index is 598. The molecule has 2 aromatic rings. The number of benzene rings is 1. The molecule has 3 rings (SSSR count). The molecular formula is C16H19N3O. The predicted octanol–water partition coefficient (Wildman–Crippen LogP) is 2.11. The lowest BCUT2D eigenvalue weighted by atomic mass is 10.1. The van der Waals surface area contributed by atoms with Crippen LogP contribution in [-0.2, 0) is 0 Å². The van der Waals surface area contributed by atoms with Crippen molar-refractivity contribution in [1.29, 1.82) is 0 Å². The molecule has 0 saturated carbocycles. The number of pyridine rings is 1. The Balaban J connectivity index is 1.81. The van der Waals surface area contributed by atoms with Crippen molar-refractivity contribution in [2.45, 2.75) is 25.3 Å². The monoisotopic (exact) mass is 269 g/mol. The van der Waals surface area contributed by atoms with Crippen LogP contribution < -0.4 is 10.6 Å². The van der Waals surface area contributed by atoms with Crippen LogP contribution in [0, 0.1) is 0 Å². The van der Waals surface area contributed by atoms with Crippen molar-refractivity contribution in [2.24, 2.45) is 0 Å². The summed E-state index contributed by atoms with van der Waals surface area (Å²) in [4.78, 5) is 16.7. The molecule has 0 radical (unpaired) electrons. The van der Waals surface area contributed by atoms with Crippen molar-refractivity contribution >= 4 is 16.7 Å². The second kappa shape index (κ2) is 6.01. The van der Waals surface area contributed by atoms with Gasteiger partial charge < -0.3 is 10.6 Å². The first-order valence-electron chi connectivity index (χ1n) is 7.20. The van der Waals surface area contributed by atoms with Crippen molar-refractivity contribution in [3.63, 3.8) is 0 Å². The number of hydrogen-bond donors (Lipinski definition) is 2. The van der Waals surface area contributed by atoms with Crippen LogP contribution >= 0.6 is 0 Å². The number of carbonyl (C=O) groups excluding carboxylic acids is 1. The van der Waals surface area contributed by atoms with Gasteiger partial charge in [-0.2, -0.15) is 0 Å². The van der Waals surface area contributed by atoms with E-state index >= 15 is 0 Å². The molecule has 0 spiro atoms. The minimum absolute atomic E-state index is 0.0614. The van der Waals surface area contributed by atoms with Crippen molar-refractivity contribution in [1.82, 2.24) is 15.6 Å². The van der Waals surface area contributed by atoms with E-state index in [2.05, 4.69) is 15.6 Å². The van der Waals surface area contributed by atoms with Gasteiger partial charge in [0.25, 0.3) is 5.91 Å². The second-order valence-corrected chi connectivity index (χ2v) is 5.23. The van der Waals surface area contributed by atoms with Crippen LogP contribution in [0.15, 0.2) is 36.5 Å². The summed E-state index contributed by atoms with van der Waals surface area (Å²) in [6.07, 6.45) is 4.82. The van der Waals surface area contributed by atoms with Crippen molar-refractivity contribution in [3.8, 4) is 0 Å². The lowest BCUT2D eigenvalue weighted by Crippen LogP contribution is -2.35. The fourth-order valence-corrected chi connectivity index (χ4v) is 2.72. The zero-order valence-corrected chi connectivity index (χ0v) is 11.4. The Morgan fingerprint density at radius 3 is 3.05 bits per heavy atom. The molecule has 1 saturated heterocycles. The number of rotatable bonds is 2. The number of nitrogens with zero attached hydrogens (tertiary/aromatic N) is 1. The first-order valence-corrected chi connectivity index (χ1v) is 7.20. The lowest BCUT2D eigenvalue weighted by Gasteiger charge is -2.16. The predicted molar refractivity (Wildman–Crippen MR) is 79.7 cm³/mol. The minimum Gasteiger partial charge on any atom is -0.348 e. The van der Waals surface area contributed by atoms with Gasteiger partial charge in [-0.1, -0.05) is 24.3 Å². The molecule has 4 heteroatoms. The molecular weight excluding hydrogens is 250 g/mol. The van der Waals surface area contributed by atoms with E-state index in [1.54, 1.807) is 6.20 Å². The highest BCUT2D eigenvalue weighted by Gasteiger charge is 2.17. The van der Waals surface area contributed by atoms with Crippen LogP contribution in [-0.4, -0.2) is 30.0 Å². The number of carbonyl (C=O) groups is 1. The lowest BCUT2D eigenvalue weighted by molar-refractivity contribution is 0.0931. The summed E-state index contributed by atoms with van der Waals surface area (Å²) in [5, 5.41) is 8.45. The Morgan fingerprint density at radius 1 is 1.20 bits per heavy atom. The molecule has 1 atom stereocenters. The fraction of sp³-hybridized carbons (Fsp3) is 0.375. The summed E-state index contributed by atoms with van der Waals surface area (Å²) in [6, 6.07) is 10.0. The van der Waals surface area contributed by atoms with E-state index in [4.69, 9.17) is 0 Å². The van der Waals surface area contributed by atoms with Gasteiger partial charge in [-0.25, -0.2) is 0 Å². The third-order valence-electron chi connectivity index (χ3n) is 3.80. The van der Waals surface area contributed by atoms with E-state index in [0.29, 0.717) is 5.69 Å². The molecule has 20 heavy (non-hydrogen) atoms. The highest BCUT2D eigenvalue weighted by molar-refractivity contribution is 6.05. The zero-order chi connectivity index (χ0) is 13.8. The average Bonchev–Trinajstić information content (AvgIpc) is 2.75. The van der Waals surface area contributed by atoms with Gasteiger partial charge in [0.1, 0.15) is 5.69 Å². The van der Waals surface area contributed by atoms with Gasteiger partial charge >= 0.3 is 0 Å². The van der Waals surface area contributed by atoms with E-state index in [1.807, 2.05) is 30.3 Å². The van der Waals surface area contributed by atoms with Gasteiger partial charge in [-0.3, -0.25) is 9.78 Å². The molecule has 0 bridgehead atoms. The van der Waals surface area contributed by atoms with E-state index in [0.717, 1.165) is 43.1 Å². The van der Waals surface area contributed by atoms with Crippen LogP contribution in [0.3, 0.4) is 0 Å². The largest absolute Gasteiger partial charge is 0.348 e. The summed E-state index contributed by atoms with van der Waals surface area (Å²) in [7, 11) is 0. The molecule has 1 aliphatic heterocycles. The Kier molecular flexibility index (Phi) is 3.92. The van der Waals surface area contributed by atoms with Gasteiger partial charge in [0.05, 0.1) is 0 Å². The van der Waals surface area contributed by atoms with Crippen LogP contribution in [0.5, 0.6) is 0 Å². The van der Waals surface area contributed by atoms with Gasteiger partial charge in [-0.15, -0.1) is 0 Å². The van der Waals surface area contributed by atoms with Gasteiger partial charge in [0, 0.05) is 17.6 Å². The van der Waals surface area contributed by atoms with E-state index in [-0.39, 0.29) is 11.9 Å². The smallest absolute Gasteiger partial charge is 0.270 e. The SMILES string of the molecule is O=C(NC1CCCNCC1)c1nccc2ccccc12. The summed E-state index contributed by atoms with van der Waals surface area (Å²) < 4.78 is 0. The topological polar surface area (TPSA) is 54.0 Å². The van der Waals surface area contributed by atoms with Gasteiger partial charge in [0.15, 0.2) is 0 Å². The quantitative estimate of drug-likeness (QED) is 0.878. The highest BCUT2D eigenvalue weighted by atomic mass is 16.1. The summed E-state index contributed by atoms with van der Waals surface area (Å²) in [6.45, 7) is 2.01. The van der Waals surface area contributed by atoms with Crippen molar-refractivity contribution < 1.29 is 4.79 Å². The molecule has 2 N–H and O–H groups in total. The summed E-state index contributed by atoms with van der Waals surface area (Å²) in [5.41, 5.74) is 0.528. The Labute approximate surface area is 118 Å². The van der Waals surface area contributed by atoms with Gasteiger partial charge in [-0.05, 0) is 43.8 Å². The van der Waals surface area contributed by atoms with E-state index < -0.39 is 0 Å². The molecule has 1 aromatic carbocycles. The molecule has 1 unspecified atom stereocenters. The Morgan fingerprint density at radius 2 is 2.10 bits per heavy atom. The first kappa shape index (κ1) is 13.1. The normalized spacial score (nSPS) is 19.5. The molecule has 104 valence electrons. The molecule has 4 nitrogen and oxygen atoms in total. The minimum atomic E-state index is -0.0614. The Hall–Kier alpha value is -1.94. The van der Waals surface area contributed by atoms with Crippen molar-refractivity contribution in [2.75, 3.05) is 13.1 Å². The number of hydrogen-bond acceptors (Lipinski definition) is 3. The van der Waals surface area contributed by atoms with E-state index in [9.17, 15) is 4.79 Å². The summed E-state index contributed by atoms with van der Waals surface area (Å²) in [5.74, 6) is -0.0614. The second-order valence-electron chi connectivity index (χ2n) is 5.23. The molecule has 1 amide bonds. The third-order valence-corrected chi connectivity index (χ3v) is 3.80. The molecule has 1 aromatic heterocycles. The average molecular weight is 269 g/mol. The maximum atomic E-state index is 12.4. The number of aromatic nitrogens is 1. The van der Waals surface area contributed by atoms with Gasteiger partial charge in [0.2, 0.25) is 0 Å². The highest BCUT2D eigenvalue weighted by Crippen LogP contribution is 2.16. The molecule has 1 fully saturated rings. The van der Waals surface area contributed by atoms with Crippen LogP contribution in [0.2, 0.25) is 0 Å². The molecule has 1 aliphatic rings. The maximum Gasteiger partial charge on any atom is 0.270 e. The standard InChI is InChI=1S/C16H19N3O/c20-16(19-13-5-3-9-17-10-8-13)15-14-6-2-1-4-12(14)7-11-18-15/h1-2,4,6-7,11,13,17H,3,5,8-10H2,(H,19,20). The number of amides is 1. The maximum absolute atomic E-state index is 12.4. The van der Waals surface area contributed by atoms with E-state index in [1.165, 1.54) is 0 Å². The zero-order valence-electron chi connectivity index (χ0n) is 11.4. The molecule has 2 heterocycles. The van der Waals surface area contributed by atoms with Crippen LogP contribution in [0.25, 0.3) is 10.8 Å². The molecule has 0 aliphatic carbocycles. The van der Waals surface area contributed by atoms with Crippen molar-refractivity contribution in [3.05, 3.63) is 42.2 Å². The number of fused-ring (bicyclic) bond motifs is 1. The first-order chi connectivity index (χ1) is 9.84. The van der Waals surface area contributed by atoms with Crippen LogP contribution in [0.1, 0.15) is 29.8 Å². The number of nitrogens with one attached hydrogen (secondary N) is 2. The third kappa shape index (κ3) is 2.80. The fourth-order valence-electron chi connectivity index (χ4n) is 2.72. The van der Waals surface area contributed by atoms with Crippen LogP contribution in [0.4, 0.5) is 0 Å².